The molecular weight excluding hydrogens is 516 g/mol. The summed E-state index contributed by atoms with van der Waals surface area (Å²) in [7, 11) is 0. The number of rotatable bonds is 6. The molecule has 0 aromatic rings. The Bertz CT molecular complexity index is 997. The van der Waals surface area contributed by atoms with Crippen molar-refractivity contribution in [1.82, 2.24) is 0 Å². The van der Waals surface area contributed by atoms with E-state index in [1.54, 1.807) is 6.92 Å². The zero-order valence-corrected chi connectivity index (χ0v) is 23.8. The lowest BCUT2D eigenvalue weighted by Crippen LogP contribution is -2.66. The van der Waals surface area contributed by atoms with Crippen molar-refractivity contribution >= 4 is 29.5 Å². The largest absolute Gasteiger partial charge is 0.462 e. The SMILES string of the molecule is CCCCCC(=O)OC1C(C)C2C(O)C3(O)C(C)C(=O)OC3C(Cl)=C(C)CCC(OC(C)=O)C2(C)C2OC12. The number of fused-ring (bicyclic) bond motifs is 4. The molecule has 10 heteroatoms. The number of aliphatic hydroxyl groups excluding tert-OH is 1. The van der Waals surface area contributed by atoms with Gasteiger partial charge in [0.05, 0.1) is 23.2 Å². The molecule has 9 nitrogen and oxygen atoms in total. The van der Waals surface area contributed by atoms with Crippen molar-refractivity contribution in [3.8, 4) is 0 Å². The van der Waals surface area contributed by atoms with Crippen LogP contribution < -0.4 is 0 Å². The van der Waals surface area contributed by atoms with Crippen molar-refractivity contribution in [2.24, 2.45) is 23.2 Å². The maximum atomic E-state index is 12.7. The molecule has 11 unspecified atom stereocenters. The first kappa shape index (κ1) is 29.3. The van der Waals surface area contributed by atoms with Crippen molar-refractivity contribution in [2.45, 2.75) is 122 Å². The minimum atomic E-state index is -2.06. The van der Waals surface area contributed by atoms with E-state index in [4.69, 9.17) is 30.5 Å². The molecule has 0 spiro atoms. The summed E-state index contributed by atoms with van der Waals surface area (Å²) in [4.78, 5) is 37.7. The second-order valence-corrected chi connectivity index (χ2v) is 12.2. The molecule has 2 aliphatic heterocycles. The van der Waals surface area contributed by atoms with Crippen LogP contribution in [-0.2, 0) is 33.3 Å². The maximum Gasteiger partial charge on any atom is 0.312 e. The molecule has 38 heavy (non-hydrogen) atoms. The van der Waals surface area contributed by atoms with Crippen molar-refractivity contribution in [2.75, 3.05) is 0 Å². The first-order valence-corrected chi connectivity index (χ1v) is 14.2. The smallest absolute Gasteiger partial charge is 0.312 e. The number of ether oxygens (including phenoxy) is 4. The van der Waals surface area contributed by atoms with Gasteiger partial charge in [-0.3, -0.25) is 14.4 Å². The van der Waals surface area contributed by atoms with Gasteiger partial charge in [-0.2, -0.15) is 0 Å². The molecular formula is C28H41ClO9. The summed E-state index contributed by atoms with van der Waals surface area (Å²) < 4.78 is 23.5. The summed E-state index contributed by atoms with van der Waals surface area (Å²) in [6, 6.07) is 0. The van der Waals surface area contributed by atoms with E-state index in [0.29, 0.717) is 24.8 Å². The summed E-state index contributed by atoms with van der Waals surface area (Å²) in [5.41, 5.74) is -2.36. The molecule has 1 saturated carbocycles. The molecule has 2 aliphatic carbocycles. The van der Waals surface area contributed by atoms with Crippen LogP contribution in [0.5, 0.6) is 0 Å². The highest BCUT2D eigenvalue weighted by Crippen LogP contribution is 2.61. The Hall–Kier alpha value is -1.68. The lowest BCUT2D eigenvalue weighted by molar-refractivity contribution is -0.210. The van der Waals surface area contributed by atoms with Gasteiger partial charge in [-0.25, -0.2) is 0 Å². The van der Waals surface area contributed by atoms with Gasteiger partial charge in [0, 0.05) is 30.6 Å². The highest BCUT2D eigenvalue weighted by Gasteiger charge is 2.74. The van der Waals surface area contributed by atoms with Gasteiger partial charge >= 0.3 is 17.9 Å². The highest BCUT2D eigenvalue weighted by molar-refractivity contribution is 6.30. The predicted molar refractivity (Wildman–Crippen MR) is 137 cm³/mol. The van der Waals surface area contributed by atoms with Crippen molar-refractivity contribution in [3.63, 3.8) is 0 Å². The normalized spacial score (nSPS) is 44.3. The summed E-state index contributed by atoms with van der Waals surface area (Å²) in [5, 5.41) is 24.4. The molecule has 3 fully saturated rings. The van der Waals surface area contributed by atoms with Crippen LogP contribution in [-0.4, -0.2) is 70.3 Å². The number of allylic oxidation sites excluding steroid dienone is 1. The number of halogens is 1. The van der Waals surface area contributed by atoms with Gasteiger partial charge in [0.15, 0.2) is 6.10 Å². The van der Waals surface area contributed by atoms with Crippen molar-refractivity contribution in [3.05, 3.63) is 10.6 Å². The predicted octanol–water partition coefficient (Wildman–Crippen LogP) is 3.41. The Morgan fingerprint density at radius 3 is 2.53 bits per heavy atom. The number of esters is 3. The number of hydrogen-bond acceptors (Lipinski definition) is 9. The van der Waals surface area contributed by atoms with E-state index in [1.807, 2.05) is 13.8 Å². The fourth-order valence-corrected chi connectivity index (χ4v) is 7.45. The minimum Gasteiger partial charge on any atom is -0.462 e. The Morgan fingerprint density at radius 1 is 1.21 bits per heavy atom. The average Bonchev–Trinajstić information content (AvgIpc) is 3.63. The Balaban J connectivity index is 1.80. The first-order valence-electron chi connectivity index (χ1n) is 13.8. The summed E-state index contributed by atoms with van der Waals surface area (Å²) in [5.74, 6) is -3.88. The van der Waals surface area contributed by atoms with Crippen LogP contribution in [0.2, 0.25) is 0 Å². The molecule has 0 radical (unpaired) electrons. The standard InChI is InChI=1S/C28H41ClO9/c1-7-8-9-10-18(31)36-21-14(3)19-23(32)28(34)15(4)26(33)38-24(28)20(29)13(2)11-12-17(35-16(5)30)27(19,6)25-22(21)37-25/h14-15,17,19,21-25,32,34H,7-12H2,1-6H3. The van der Waals surface area contributed by atoms with Crippen LogP contribution in [0.1, 0.15) is 80.1 Å². The number of epoxide rings is 1. The quantitative estimate of drug-likeness (QED) is 0.218. The van der Waals surface area contributed by atoms with E-state index < -0.39 is 77.3 Å². The second kappa shape index (κ2) is 10.7. The lowest BCUT2D eigenvalue weighted by Gasteiger charge is -2.54. The summed E-state index contributed by atoms with van der Waals surface area (Å²) in [6.07, 6.45) is -1.41. The second-order valence-electron chi connectivity index (χ2n) is 11.8. The molecule has 0 aromatic heterocycles. The van der Waals surface area contributed by atoms with E-state index in [9.17, 15) is 24.6 Å². The highest BCUT2D eigenvalue weighted by atomic mass is 35.5. The number of carbonyl (C=O) groups excluding carboxylic acids is 3. The molecule has 11 atom stereocenters. The summed E-state index contributed by atoms with van der Waals surface area (Å²) in [6.45, 7) is 10.4. The maximum absolute atomic E-state index is 12.7. The average molecular weight is 557 g/mol. The van der Waals surface area contributed by atoms with Gasteiger partial charge in [-0.05, 0) is 33.1 Å². The lowest BCUT2D eigenvalue weighted by atomic mass is 9.54. The first-order chi connectivity index (χ1) is 17.8. The molecule has 4 aliphatic rings. The molecule has 0 aromatic carbocycles. The van der Waals surface area contributed by atoms with Gasteiger partial charge in [-0.15, -0.1) is 0 Å². The van der Waals surface area contributed by atoms with Crippen LogP contribution in [0, 0.1) is 23.2 Å². The third-order valence-corrected chi connectivity index (χ3v) is 9.97. The molecule has 4 rings (SSSR count). The van der Waals surface area contributed by atoms with Crippen LogP contribution >= 0.6 is 11.6 Å². The van der Waals surface area contributed by atoms with Gasteiger partial charge < -0.3 is 29.2 Å². The zero-order valence-electron chi connectivity index (χ0n) is 23.1. The number of carbonyl (C=O) groups is 3. The molecule has 0 amide bonds. The van der Waals surface area contributed by atoms with Gasteiger partial charge in [0.1, 0.15) is 23.9 Å². The Morgan fingerprint density at radius 2 is 1.89 bits per heavy atom. The van der Waals surface area contributed by atoms with Crippen LogP contribution in [0.25, 0.3) is 0 Å². The molecule has 2 saturated heterocycles. The fraction of sp³-hybridized carbons (Fsp3) is 0.821. The van der Waals surface area contributed by atoms with E-state index in [1.165, 1.54) is 13.8 Å². The number of aliphatic hydroxyl groups is 2. The summed E-state index contributed by atoms with van der Waals surface area (Å²) >= 11 is 6.68. The minimum absolute atomic E-state index is 0.150. The Labute approximate surface area is 229 Å². The van der Waals surface area contributed by atoms with Crippen LogP contribution in [0.3, 0.4) is 0 Å². The Kier molecular flexibility index (Phi) is 8.26. The third kappa shape index (κ3) is 4.67. The van der Waals surface area contributed by atoms with Crippen molar-refractivity contribution in [1.29, 1.82) is 0 Å². The number of hydrogen-bond donors (Lipinski definition) is 2. The van der Waals surface area contributed by atoms with E-state index >= 15 is 0 Å². The molecule has 214 valence electrons. The van der Waals surface area contributed by atoms with Gasteiger partial charge in [-0.1, -0.05) is 50.8 Å². The van der Waals surface area contributed by atoms with Gasteiger partial charge in [0.2, 0.25) is 0 Å². The fourth-order valence-electron chi connectivity index (χ4n) is 7.13. The van der Waals surface area contributed by atoms with E-state index in [2.05, 4.69) is 6.92 Å². The molecule has 0 bridgehead atoms. The molecule has 2 heterocycles. The van der Waals surface area contributed by atoms with Crippen LogP contribution in [0.15, 0.2) is 10.6 Å². The number of unbranched alkanes of at least 4 members (excludes halogenated alkanes) is 2. The topological polar surface area (TPSA) is 132 Å². The molecule has 2 N–H and O–H groups in total. The van der Waals surface area contributed by atoms with E-state index in [0.717, 1.165) is 12.8 Å². The monoisotopic (exact) mass is 556 g/mol. The van der Waals surface area contributed by atoms with E-state index in [-0.39, 0.29) is 17.4 Å². The third-order valence-electron chi connectivity index (χ3n) is 9.45. The zero-order chi connectivity index (χ0) is 28.2. The van der Waals surface area contributed by atoms with Crippen molar-refractivity contribution < 1.29 is 43.5 Å². The van der Waals surface area contributed by atoms with Crippen LogP contribution in [0.4, 0.5) is 0 Å². The van der Waals surface area contributed by atoms with Gasteiger partial charge in [0.25, 0.3) is 0 Å².